The maximum absolute atomic E-state index is 12.8. The number of anilines is 1. The van der Waals surface area contributed by atoms with Crippen LogP contribution in [0.5, 0.6) is 0 Å². The molecule has 152 valence electrons. The molecule has 1 atom stereocenters. The second-order valence-electron chi connectivity index (χ2n) is 8.95. The van der Waals surface area contributed by atoms with Crippen LogP contribution < -0.4 is 5.32 Å². The largest absolute Gasteiger partial charge is 0.341 e. The van der Waals surface area contributed by atoms with Crippen molar-refractivity contribution in [2.45, 2.75) is 53.0 Å². The Bertz CT molecular complexity index is 754. The van der Waals surface area contributed by atoms with Crippen LogP contribution in [0.25, 0.3) is 0 Å². The Hall–Kier alpha value is -2.37. The Labute approximate surface area is 167 Å². The van der Waals surface area contributed by atoms with Gasteiger partial charge >= 0.3 is 0 Å². The Kier molecular flexibility index (Phi) is 6.06. The number of carbonyl (C=O) groups is 3. The van der Waals surface area contributed by atoms with Crippen LogP contribution in [0.3, 0.4) is 0 Å². The van der Waals surface area contributed by atoms with Crippen molar-refractivity contribution in [3.05, 3.63) is 29.8 Å². The van der Waals surface area contributed by atoms with E-state index in [1.165, 1.54) is 0 Å². The Morgan fingerprint density at radius 1 is 1.18 bits per heavy atom. The van der Waals surface area contributed by atoms with Gasteiger partial charge in [-0.3, -0.25) is 14.4 Å². The molecule has 0 bridgehead atoms. The second kappa shape index (κ2) is 8.33. The molecule has 1 N–H and O–H groups in total. The van der Waals surface area contributed by atoms with Crippen LogP contribution in [0.15, 0.2) is 24.3 Å². The smallest absolute Gasteiger partial charge is 0.229 e. The molecular formula is C22H31N3O3. The van der Waals surface area contributed by atoms with E-state index in [2.05, 4.69) is 5.32 Å². The van der Waals surface area contributed by atoms with Crippen molar-refractivity contribution in [1.29, 1.82) is 0 Å². The normalized spacial score (nSPS) is 20.4. The van der Waals surface area contributed by atoms with Crippen LogP contribution in [-0.2, 0) is 20.9 Å². The van der Waals surface area contributed by atoms with Crippen molar-refractivity contribution in [3.63, 3.8) is 0 Å². The SMILES string of the molecule is CC(C)(C)C(=O)N1CCCC(C(=O)Nc2cccc(CN3CCCC3=O)c2)C1. The summed E-state index contributed by atoms with van der Waals surface area (Å²) in [5.41, 5.74) is 1.33. The number of hydrogen-bond acceptors (Lipinski definition) is 3. The fourth-order valence-corrected chi connectivity index (χ4v) is 3.93. The van der Waals surface area contributed by atoms with Crippen molar-refractivity contribution < 1.29 is 14.4 Å². The van der Waals surface area contributed by atoms with E-state index >= 15 is 0 Å². The van der Waals surface area contributed by atoms with Gasteiger partial charge in [0.05, 0.1) is 5.92 Å². The number of benzene rings is 1. The molecule has 2 heterocycles. The monoisotopic (exact) mass is 385 g/mol. The van der Waals surface area contributed by atoms with Crippen molar-refractivity contribution >= 4 is 23.4 Å². The Balaban J connectivity index is 1.60. The van der Waals surface area contributed by atoms with Crippen molar-refractivity contribution in [1.82, 2.24) is 9.80 Å². The Morgan fingerprint density at radius 3 is 2.64 bits per heavy atom. The summed E-state index contributed by atoms with van der Waals surface area (Å²) < 4.78 is 0. The molecule has 0 aromatic heterocycles. The van der Waals surface area contributed by atoms with Crippen molar-refractivity contribution in [2.75, 3.05) is 25.0 Å². The van der Waals surface area contributed by atoms with Crippen molar-refractivity contribution in [2.24, 2.45) is 11.3 Å². The lowest BCUT2D eigenvalue weighted by molar-refractivity contribution is -0.142. The van der Waals surface area contributed by atoms with E-state index in [-0.39, 0.29) is 23.6 Å². The van der Waals surface area contributed by atoms with E-state index in [4.69, 9.17) is 0 Å². The van der Waals surface area contributed by atoms with Gasteiger partial charge in [-0.25, -0.2) is 0 Å². The van der Waals surface area contributed by atoms with Gasteiger partial charge < -0.3 is 15.1 Å². The number of likely N-dealkylation sites (tertiary alicyclic amines) is 2. The molecule has 2 aliphatic rings. The lowest BCUT2D eigenvalue weighted by Crippen LogP contribution is -2.47. The highest BCUT2D eigenvalue weighted by Gasteiger charge is 2.33. The van der Waals surface area contributed by atoms with Crippen molar-refractivity contribution in [3.8, 4) is 0 Å². The number of rotatable bonds is 4. The molecule has 2 saturated heterocycles. The van der Waals surface area contributed by atoms with E-state index in [9.17, 15) is 14.4 Å². The molecule has 1 aromatic carbocycles. The summed E-state index contributed by atoms with van der Waals surface area (Å²) in [7, 11) is 0. The quantitative estimate of drug-likeness (QED) is 0.866. The highest BCUT2D eigenvalue weighted by molar-refractivity contribution is 5.93. The van der Waals surface area contributed by atoms with Gasteiger partial charge in [0.1, 0.15) is 0 Å². The van der Waals surface area contributed by atoms with Gasteiger partial charge in [0.2, 0.25) is 17.7 Å². The zero-order valence-corrected chi connectivity index (χ0v) is 17.2. The van der Waals surface area contributed by atoms with E-state index in [1.54, 1.807) is 0 Å². The minimum absolute atomic E-state index is 0.0409. The molecule has 0 aliphatic carbocycles. The molecule has 28 heavy (non-hydrogen) atoms. The first-order chi connectivity index (χ1) is 13.2. The second-order valence-corrected chi connectivity index (χ2v) is 8.95. The van der Waals surface area contributed by atoms with Crippen LogP contribution in [0.4, 0.5) is 5.69 Å². The molecule has 3 amide bonds. The summed E-state index contributed by atoms with van der Waals surface area (Å²) in [6.07, 6.45) is 3.18. The summed E-state index contributed by atoms with van der Waals surface area (Å²) in [6, 6.07) is 7.69. The maximum Gasteiger partial charge on any atom is 0.229 e. The molecule has 1 aromatic rings. The first-order valence-electron chi connectivity index (χ1n) is 10.2. The molecule has 0 spiro atoms. The van der Waals surface area contributed by atoms with Gasteiger partial charge in [0, 0.05) is 43.7 Å². The molecule has 0 saturated carbocycles. The third-order valence-electron chi connectivity index (χ3n) is 5.46. The average Bonchev–Trinajstić information content (AvgIpc) is 3.05. The zero-order valence-electron chi connectivity index (χ0n) is 17.2. The first-order valence-corrected chi connectivity index (χ1v) is 10.2. The summed E-state index contributed by atoms with van der Waals surface area (Å²) in [5.74, 6) is 0.0622. The predicted octanol–water partition coefficient (Wildman–Crippen LogP) is 3.03. The molecule has 0 radical (unpaired) electrons. The topological polar surface area (TPSA) is 69.7 Å². The summed E-state index contributed by atoms with van der Waals surface area (Å²) in [5, 5.41) is 3.01. The van der Waals surface area contributed by atoms with Crippen LogP contribution in [0, 0.1) is 11.3 Å². The van der Waals surface area contributed by atoms with Gasteiger partial charge in [-0.2, -0.15) is 0 Å². The lowest BCUT2D eigenvalue weighted by Gasteiger charge is -2.35. The lowest BCUT2D eigenvalue weighted by atomic mass is 9.91. The predicted molar refractivity (Wildman–Crippen MR) is 108 cm³/mol. The molecule has 1 unspecified atom stereocenters. The Morgan fingerprint density at radius 2 is 1.96 bits per heavy atom. The number of hydrogen-bond donors (Lipinski definition) is 1. The molecular weight excluding hydrogens is 354 g/mol. The first kappa shape index (κ1) is 20.4. The molecule has 6 heteroatoms. The van der Waals surface area contributed by atoms with Gasteiger partial charge in [-0.05, 0) is 37.0 Å². The van der Waals surface area contributed by atoms with Crippen LogP contribution in [0.2, 0.25) is 0 Å². The summed E-state index contributed by atoms with van der Waals surface area (Å²) in [6.45, 7) is 8.32. The fourth-order valence-electron chi connectivity index (χ4n) is 3.93. The van der Waals surface area contributed by atoms with Gasteiger partial charge in [-0.1, -0.05) is 32.9 Å². The fraction of sp³-hybridized carbons (Fsp3) is 0.591. The van der Waals surface area contributed by atoms with Crippen LogP contribution >= 0.6 is 0 Å². The van der Waals surface area contributed by atoms with Gasteiger partial charge in [0.15, 0.2) is 0 Å². The number of piperidine rings is 1. The minimum atomic E-state index is -0.431. The highest BCUT2D eigenvalue weighted by atomic mass is 16.2. The molecule has 3 rings (SSSR count). The van der Waals surface area contributed by atoms with Crippen LogP contribution in [0.1, 0.15) is 52.0 Å². The highest BCUT2D eigenvalue weighted by Crippen LogP contribution is 2.25. The molecule has 2 aliphatic heterocycles. The number of nitrogens with zero attached hydrogens (tertiary/aromatic N) is 2. The van der Waals surface area contributed by atoms with Gasteiger partial charge in [-0.15, -0.1) is 0 Å². The van der Waals surface area contributed by atoms with Gasteiger partial charge in [0.25, 0.3) is 0 Å². The zero-order chi connectivity index (χ0) is 20.3. The standard InChI is InChI=1S/C22H31N3O3/c1-22(2,3)21(28)25-12-5-8-17(15-25)20(27)23-18-9-4-7-16(13-18)14-24-11-6-10-19(24)26/h4,7,9,13,17H,5-6,8,10-12,14-15H2,1-3H3,(H,23,27). The maximum atomic E-state index is 12.8. The third kappa shape index (κ3) is 4.91. The van der Waals surface area contributed by atoms with Crippen LogP contribution in [-0.4, -0.2) is 47.2 Å². The number of nitrogens with one attached hydrogen (secondary N) is 1. The molecule has 6 nitrogen and oxygen atoms in total. The molecule has 2 fully saturated rings. The minimum Gasteiger partial charge on any atom is -0.341 e. The number of carbonyl (C=O) groups excluding carboxylic acids is 3. The van der Waals surface area contributed by atoms with E-state index in [0.717, 1.165) is 43.6 Å². The average molecular weight is 386 g/mol. The summed E-state index contributed by atoms with van der Waals surface area (Å²) >= 11 is 0. The van der Waals surface area contributed by atoms with E-state index < -0.39 is 5.41 Å². The third-order valence-corrected chi connectivity index (χ3v) is 5.46. The van der Waals surface area contributed by atoms with E-state index in [1.807, 2.05) is 54.8 Å². The number of amides is 3. The van der Waals surface area contributed by atoms with E-state index in [0.29, 0.717) is 19.5 Å². The summed E-state index contributed by atoms with van der Waals surface area (Å²) in [4.78, 5) is 40.8.